The van der Waals surface area contributed by atoms with Crippen LogP contribution in [0, 0.1) is 13.8 Å². The van der Waals surface area contributed by atoms with Crippen LogP contribution in [0.15, 0.2) is 28.7 Å². The van der Waals surface area contributed by atoms with Crippen molar-refractivity contribution in [3.05, 3.63) is 56.8 Å². The van der Waals surface area contributed by atoms with Crippen LogP contribution in [0.1, 0.15) is 50.6 Å². The number of carbonyl (C=O) groups excluding carboxylic acids is 3. The van der Waals surface area contributed by atoms with Gasteiger partial charge in [0.1, 0.15) is 5.69 Å². The Balaban J connectivity index is 2.35. The van der Waals surface area contributed by atoms with Crippen molar-refractivity contribution in [3.63, 3.8) is 0 Å². The molecule has 1 heterocycles. The van der Waals surface area contributed by atoms with Crippen LogP contribution in [0.4, 0.5) is 0 Å². The van der Waals surface area contributed by atoms with Crippen LogP contribution < -0.4 is 5.32 Å². The number of benzene rings is 1. The maximum Gasteiger partial charge on any atom is 0.333 e. The van der Waals surface area contributed by atoms with Gasteiger partial charge < -0.3 is 15.0 Å². The van der Waals surface area contributed by atoms with Crippen molar-refractivity contribution < 1.29 is 19.1 Å². The Labute approximate surface area is 154 Å². The van der Waals surface area contributed by atoms with E-state index in [-0.39, 0.29) is 11.5 Å². The van der Waals surface area contributed by atoms with Gasteiger partial charge in [-0.1, -0.05) is 28.1 Å². The Bertz CT molecular complexity index is 824. The molecule has 25 heavy (non-hydrogen) atoms. The van der Waals surface area contributed by atoms with Crippen molar-refractivity contribution in [1.82, 2.24) is 10.3 Å². The fraction of sp³-hybridized carbons (Fsp3) is 0.278. The third-order valence-corrected chi connectivity index (χ3v) is 4.46. The quantitative estimate of drug-likeness (QED) is 0.589. The van der Waals surface area contributed by atoms with E-state index >= 15 is 0 Å². The van der Waals surface area contributed by atoms with Crippen LogP contribution >= 0.6 is 15.9 Å². The number of nitrogens with one attached hydrogen (secondary N) is 2. The molecule has 7 heteroatoms. The zero-order valence-electron chi connectivity index (χ0n) is 14.4. The number of amides is 1. The summed E-state index contributed by atoms with van der Waals surface area (Å²) >= 11 is 3.33. The van der Waals surface area contributed by atoms with Gasteiger partial charge in [0.2, 0.25) is 0 Å². The van der Waals surface area contributed by atoms with Crippen LogP contribution in [0.25, 0.3) is 0 Å². The topological polar surface area (TPSA) is 88.3 Å². The second-order valence-corrected chi connectivity index (χ2v) is 6.58. The zero-order chi connectivity index (χ0) is 18.7. The molecule has 0 bridgehead atoms. The number of esters is 1. The third-order valence-electron chi connectivity index (χ3n) is 3.93. The van der Waals surface area contributed by atoms with E-state index in [0.29, 0.717) is 22.4 Å². The largest absolute Gasteiger partial charge is 0.467 e. The molecule has 1 amide bonds. The first-order valence-corrected chi connectivity index (χ1v) is 8.39. The highest BCUT2D eigenvalue weighted by Crippen LogP contribution is 2.21. The van der Waals surface area contributed by atoms with Crippen molar-refractivity contribution in [1.29, 1.82) is 0 Å². The van der Waals surface area contributed by atoms with Gasteiger partial charge in [0.25, 0.3) is 5.91 Å². The van der Waals surface area contributed by atoms with Gasteiger partial charge in [0, 0.05) is 15.7 Å². The Morgan fingerprint density at radius 2 is 1.76 bits per heavy atom. The third kappa shape index (κ3) is 3.99. The molecular formula is C18H19BrN2O4. The number of H-pyrrole nitrogens is 1. The molecular weight excluding hydrogens is 388 g/mol. The van der Waals surface area contributed by atoms with E-state index in [1.165, 1.54) is 14.0 Å². The molecule has 0 radical (unpaired) electrons. The fourth-order valence-electron chi connectivity index (χ4n) is 2.76. The molecule has 0 aliphatic carbocycles. The monoisotopic (exact) mass is 406 g/mol. The molecule has 0 aliphatic heterocycles. The predicted molar refractivity (Wildman–Crippen MR) is 96.6 cm³/mol. The van der Waals surface area contributed by atoms with Crippen molar-refractivity contribution in [3.8, 4) is 0 Å². The van der Waals surface area contributed by atoms with Crippen molar-refractivity contribution in [2.24, 2.45) is 0 Å². The van der Waals surface area contributed by atoms with Crippen LogP contribution in [0.3, 0.4) is 0 Å². The molecule has 0 spiro atoms. The first kappa shape index (κ1) is 18.9. The molecule has 1 aromatic heterocycles. The summed E-state index contributed by atoms with van der Waals surface area (Å²) < 4.78 is 5.66. The number of aryl methyl sites for hydroxylation is 1. The van der Waals surface area contributed by atoms with Crippen molar-refractivity contribution in [2.45, 2.75) is 26.8 Å². The molecule has 0 fully saturated rings. The zero-order valence-corrected chi connectivity index (χ0v) is 16.0. The van der Waals surface area contributed by atoms with Crippen LogP contribution in [0.5, 0.6) is 0 Å². The molecule has 2 rings (SSSR count). The van der Waals surface area contributed by atoms with Crippen LogP contribution in [0.2, 0.25) is 0 Å². The van der Waals surface area contributed by atoms with E-state index < -0.39 is 17.9 Å². The van der Waals surface area contributed by atoms with Crippen molar-refractivity contribution >= 4 is 33.6 Å². The Hall–Kier alpha value is -2.41. The summed E-state index contributed by atoms with van der Waals surface area (Å²) in [6.45, 7) is 4.87. The molecule has 2 aromatic rings. The molecule has 1 unspecified atom stereocenters. The van der Waals surface area contributed by atoms with Gasteiger partial charge in [-0.3, -0.25) is 9.59 Å². The Morgan fingerprint density at radius 1 is 1.16 bits per heavy atom. The van der Waals surface area contributed by atoms with Crippen LogP contribution in [-0.4, -0.2) is 29.8 Å². The molecule has 132 valence electrons. The molecule has 1 aromatic carbocycles. The van der Waals surface area contributed by atoms with Gasteiger partial charge in [-0.05, 0) is 44.0 Å². The number of rotatable bonds is 5. The van der Waals surface area contributed by atoms with E-state index in [4.69, 9.17) is 4.74 Å². The minimum Gasteiger partial charge on any atom is -0.467 e. The summed E-state index contributed by atoms with van der Waals surface area (Å²) in [7, 11) is 1.26. The number of aromatic amines is 1. The highest BCUT2D eigenvalue weighted by atomic mass is 79.9. The summed E-state index contributed by atoms with van der Waals surface area (Å²) in [5.74, 6) is -1.18. The van der Waals surface area contributed by atoms with Gasteiger partial charge in [-0.2, -0.15) is 0 Å². The molecule has 0 saturated carbocycles. The van der Waals surface area contributed by atoms with E-state index in [2.05, 4.69) is 26.2 Å². The number of aromatic nitrogens is 1. The molecule has 0 saturated heterocycles. The van der Waals surface area contributed by atoms with E-state index in [1.54, 1.807) is 38.1 Å². The normalized spacial score (nSPS) is 11.7. The van der Waals surface area contributed by atoms with E-state index in [1.807, 2.05) is 0 Å². The number of methoxy groups -OCH3 is 1. The average molecular weight is 407 g/mol. The highest BCUT2D eigenvalue weighted by molar-refractivity contribution is 9.10. The molecule has 6 nitrogen and oxygen atoms in total. The van der Waals surface area contributed by atoms with E-state index in [9.17, 15) is 14.4 Å². The van der Waals surface area contributed by atoms with Crippen LogP contribution in [-0.2, 0) is 9.53 Å². The maximum absolute atomic E-state index is 12.7. The summed E-state index contributed by atoms with van der Waals surface area (Å²) in [6, 6.07) is 6.04. The highest BCUT2D eigenvalue weighted by Gasteiger charge is 2.27. The van der Waals surface area contributed by atoms with Gasteiger partial charge >= 0.3 is 5.97 Å². The summed E-state index contributed by atoms with van der Waals surface area (Å²) in [4.78, 5) is 39.4. The first-order chi connectivity index (χ1) is 11.8. The molecule has 2 N–H and O–H groups in total. The van der Waals surface area contributed by atoms with Gasteiger partial charge in [-0.15, -0.1) is 0 Å². The average Bonchev–Trinajstić information content (AvgIpc) is 2.87. The van der Waals surface area contributed by atoms with Gasteiger partial charge in [0.05, 0.1) is 7.11 Å². The van der Waals surface area contributed by atoms with Gasteiger partial charge in [-0.25, -0.2) is 4.79 Å². The fourth-order valence-corrected chi connectivity index (χ4v) is 3.02. The smallest absolute Gasteiger partial charge is 0.333 e. The summed E-state index contributed by atoms with van der Waals surface area (Å²) in [5.41, 5.74) is 2.52. The number of Topliss-reactive ketones (excluding diaryl/α,β-unsaturated/α-hetero) is 1. The predicted octanol–water partition coefficient (Wildman–Crippen LogP) is 3.24. The lowest BCUT2D eigenvalue weighted by molar-refractivity contribution is -0.143. The Morgan fingerprint density at radius 3 is 2.24 bits per heavy atom. The second kappa shape index (κ2) is 7.65. The number of carbonyl (C=O) groups is 3. The maximum atomic E-state index is 12.7. The second-order valence-electron chi connectivity index (χ2n) is 5.66. The first-order valence-electron chi connectivity index (χ1n) is 7.60. The van der Waals surface area contributed by atoms with Crippen molar-refractivity contribution in [2.75, 3.05) is 7.11 Å². The number of ether oxygens (including phenoxy) is 1. The molecule has 1 atom stereocenters. The number of halogens is 1. The summed E-state index contributed by atoms with van der Waals surface area (Å²) in [5, 5.41) is 2.67. The van der Waals surface area contributed by atoms with Gasteiger partial charge in [0.15, 0.2) is 11.8 Å². The lowest BCUT2D eigenvalue weighted by atomic mass is 10.0. The number of ketones is 1. The summed E-state index contributed by atoms with van der Waals surface area (Å²) in [6.07, 6.45) is 0. The SMILES string of the molecule is COC(=O)C(NC(=O)c1[nH]c(C)c(C(C)=O)c1C)c1ccc(Br)cc1. The number of hydrogen-bond acceptors (Lipinski definition) is 4. The Kier molecular flexibility index (Phi) is 5.79. The minimum atomic E-state index is -0.950. The number of hydrogen-bond donors (Lipinski definition) is 2. The molecule has 0 aliphatic rings. The standard InChI is InChI=1S/C18H19BrN2O4/c1-9-14(11(3)22)10(2)20-15(9)17(23)21-16(18(24)25-4)12-5-7-13(19)8-6-12/h5-8,16,20H,1-4H3,(H,21,23). The lowest BCUT2D eigenvalue weighted by Crippen LogP contribution is -2.35. The van der Waals surface area contributed by atoms with E-state index in [0.717, 1.165) is 4.47 Å². The minimum absolute atomic E-state index is 0.122. The lowest BCUT2D eigenvalue weighted by Gasteiger charge is -2.17.